The smallest absolute Gasteiger partial charge is 0.276 e. The van der Waals surface area contributed by atoms with Gasteiger partial charge in [0.05, 0.1) is 26.4 Å². The van der Waals surface area contributed by atoms with Crippen LogP contribution < -0.4 is 20.4 Å². The van der Waals surface area contributed by atoms with E-state index in [1.54, 1.807) is 0 Å². The molecule has 0 spiro atoms. The number of carbonyl (C=O) groups excluding carboxylic acids is 2. The molecular formula is C47H80N2O22P2-2. The number of aliphatic hydroxyl groups is 8. The Hall–Kier alpha value is -2.36. The highest BCUT2D eigenvalue weighted by Crippen LogP contribution is 2.57. The van der Waals surface area contributed by atoms with Crippen molar-refractivity contribution in [1.82, 2.24) is 10.6 Å². The topological polar surface area (TPSA) is 374 Å². The largest absolute Gasteiger partial charge is 0.756 e. The first-order valence-corrected chi connectivity index (χ1v) is 27.5. The molecule has 3 aliphatic heterocycles. The molecule has 2 amide bonds. The fourth-order valence-corrected chi connectivity index (χ4v) is 10.4. The van der Waals surface area contributed by atoms with E-state index in [1.807, 2.05) is 6.92 Å². The van der Waals surface area contributed by atoms with E-state index in [0.29, 0.717) is 6.42 Å². The van der Waals surface area contributed by atoms with E-state index in [0.717, 1.165) is 58.8 Å². The number of hydrogen-bond donors (Lipinski definition) is 10. The van der Waals surface area contributed by atoms with E-state index < -0.39 is 146 Å². The number of phosphoric ester groups is 2. The van der Waals surface area contributed by atoms with Gasteiger partial charge in [-0.3, -0.25) is 23.2 Å². The maximum atomic E-state index is 13.1. The van der Waals surface area contributed by atoms with Crippen molar-refractivity contribution in [2.75, 3.05) is 26.4 Å². The van der Waals surface area contributed by atoms with E-state index in [4.69, 9.17) is 32.7 Å². The van der Waals surface area contributed by atoms with Gasteiger partial charge in [-0.05, 0) is 98.3 Å². The third-order valence-electron chi connectivity index (χ3n) is 12.5. The van der Waals surface area contributed by atoms with Crippen LogP contribution in [0.5, 0.6) is 0 Å². The summed E-state index contributed by atoms with van der Waals surface area (Å²) in [5.41, 5.74) is 5.30. The molecule has 3 aliphatic rings. The van der Waals surface area contributed by atoms with Gasteiger partial charge in [-0.25, -0.2) is 4.31 Å². The van der Waals surface area contributed by atoms with Gasteiger partial charge in [-0.2, -0.15) is 0 Å². The zero-order valence-corrected chi connectivity index (χ0v) is 44.7. The fraction of sp³-hybridized carbons (Fsp3) is 0.787. The molecule has 0 aromatic heterocycles. The normalized spacial score (nSPS) is 33.6. The van der Waals surface area contributed by atoms with Crippen LogP contribution in [-0.4, -0.2) is 171 Å². The average Bonchev–Trinajstić information content (AvgIpc) is 3.29. The lowest BCUT2D eigenvalue weighted by Gasteiger charge is -2.50. The highest BCUT2D eigenvalue weighted by atomic mass is 31.3. The first kappa shape index (κ1) is 64.9. The van der Waals surface area contributed by atoms with Gasteiger partial charge in [0.15, 0.2) is 18.9 Å². The van der Waals surface area contributed by atoms with Crippen molar-refractivity contribution in [3.8, 4) is 0 Å². The number of phosphoric acid groups is 2. The number of ether oxygens (including phenoxy) is 5. The highest BCUT2D eigenvalue weighted by molar-refractivity contribution is 7.59. The lowest BCUT2D eigenvalue weighted by atomic mass is 9.94. The van der Waals surface area contributed by atoms with Crippen LogP contribution in [0.15, 0.2) is 46.6 Å². The molecule has 10 N–H and O–H groups in total. The second-order valence-electron chi connectivity index (χ2n) is 19.2. The van der Waals surface area contributed by atoms with Crippen molar-refractivity contribution in [2.45, 2.75) is 205 Å². The van der Waals surface area contributed by atoms with Crippen LogP contribution >= 0.6 is 15.6 Å². The van der Waals surface area contributed by atoms with Crippen LogP contribution in [0.2, 0.25) is 0 Å². The molecule has 0 aliphatic carbocycles. The molecule has 26 heteroatoms. The highest BCUT2D eigenvalue weighted by Gasteiger charge is 2.55. The Balaban J connectivity index is 1.59. The monoisotopic (exact) mass is 1090 g/mol. The summed E-state index contributed by atoms with van der Waals surface area (Å²) < 4.78 is 68.1. The Morgan fingerprint density at radius 1 is 0.575 bits per heavy atom. The van der Waals surface area contributed by atoms with Crippen LogP contribution in [0.4, 0.5) is 0 Å². The molecule has 3 fully saturated rings. The van der Waals surface area contributed by atoms with E-state index in [9.17, 15) is 69.4 Å². The molecule has 73 heavy (non-hydrogen) atoms. The molecule has 24 nitrogen and oxygen atoms in total. The lowest BCUT2D eigenvalue weighted by molar-refractivity contribution is -0.361. The molecule has 422 valence electrons. The van der Waals surface area contributed by atoms with Crippen LogP contribution in [-0.2, 0) is 55.8 Å². The third kappa shape index (κ3) is 21.5. The van der Waals surface area contributed by atoms with Crippen LogP contribution in [0, 0.1) is 5.92 Å². The molecule has 0 saturated carbocycles. The Labute approximate surface area is 427 Å². The summed E-state index contributed by atoms with van der Waals surface area (Å²) in [5.74, 6) is -1.72. The summed E-state index contributed by atoms with van der Waals surface area (Å²) in [6.45, 7) is 11.2. The third-order valence-corrected chi connectivity index (χ3v) is 15.0. The second-order valence-corrected chi connectivity index (χ2v) is 22.1. The minimum atomic E-state index is -5.99. The number of rotatable bonds is 29. The summed E-state index contributed by atoms with van der Waals surface area (Å²) in [5, 5.41) is 88.8. The molecule has 18 atom stereocenters. The van der Waals surface area contributed by atoms with E-state index >= 15 is 0 Å². The molecule has 0 aromatic rings. The quantitative estimate of drug-likeness (QED) is 0.0363. The standard InChI is InChI=1S/C47H82N2O22P2/c1-26(2)13-9-14-27(3)15-10-16-28(4)17-11-18-29(5)19-12-20-30(6)21-22-64-72(60,61)71-73(62,63)70-46-37(49-32(8)54)40(57)43(35(25-52)67-46)68-45-36(48-31(7)53)39(56)44(34(24-51)66-45)69-47-42(59)41(58)38(55)33(23-50)65-47/h13,15,17,19,30,33-47,50-52,55-59H,9-12,14,16,18,20-25H2,1-8H3,(H,48,53)(H,49,54)(H,60,61)(H,62,63)/p-2/b27-15+,28-17+,29-19-/t30?,33-,34-,35-,36-,37-,38-,39-,40-,41+,42+,43-,44-,45+,46?,47+/m1/s1. The van der Waals surface area contributed by atoms with Crippen LogP contribution in [0.3, 0.4) is 0 Å². The zero-order valence-electron chi connectivity index (χ0n) is 42.9. The predicted octanol–water partition coefficient (Wildman–Crippen LogP) is 0.661. The van der Waals surface area contributed by atoms with Gasteiger partial charge in [0.25, 0.3) is 15.6 Å². The average molecular weight is 1090 g/mol. The van der Waals surface area contributed by atoms with Crippen molar-refractivity contribution in [2.24, 2.45) is 5.92 Å². The SMILES string of the molecule is CC(=O)N[C@H]1[C@H](O[C@H]2[C@H](O)[C@@H](NC(C)=O)C(OP(=O)([O-])OP(=O)([O-])OCCC(C)CC/C=C(/C)CC/C=C(\C)CC/C=C(\C)CCC=C(C)C)O[C@@H]2CO)O[C@H](CO)[C@@H](O[C@@H]2O[C@H](CO)[C@@H](O)[C@H](O)[C@@H]2O)[C@@H]1O. The fourth-order valence-electron chi connectivity index (χ4n) is 8.35. The minimum absolute atomic E-state index is 0.0299. The lowest BCUT2D eigenvalue weighted by Crippen LogP contribution is -2.70. The Morgan fingerprint density at radius 2 is 1.01 bits per heavy atom. The number of hydrogen-bond acceptors (Lipinski definition) is 22. The number of amides is 2. The van der Waals surface area contributed by atoms with Gasteiger partial charge < -0.3 is 89.5 Å². The van der Waals surface area contributed by atoms with Gasteiger partial charge >= 0.3 is 0 Å². The van der Waals surface area contributed by atoms with E-state index in [-0.39, 0.29) is 12.3 Å². The van der Waals surface area contributed by atoms with Gasteiger partial charge in [-0.15, -0.1) is 0 Å². The Morgan fingerprint density at radius 3 is 1.49 bits per heavy atom. The molecule has 0 bridgehead atoms. The van der Waals surface area contributed by atoms with Crippen molar-refractivity contribution >= 4 is 27.5 Å². The Bertz CT molecular complexity index is 1950. The molecule has 3 heterocycles. The summed E-state index contributed by atoms with van der Waals surface area (Å²) in [6.07, 6.45) is -7.47. The summed E-state index contributed by atoms with van der Waals surface area (Å²) in [7, 11) is -11.6. The molecular weight excluding hydrogens is 1010 g/mol. The van der Waals surface area contributed by atoms with E-state index in [1.165, 1.54) is 22.3 Å². The van der Waals surface area contributed by atoms with Crippen molar-refractivity contribution in [3.05, 3.63) is 46.6 Å². The minimum Gasteiger partial charge on any atom is -0.756 e. The maximum absolute atomic E-state index is 13.1. The number of nitrogens with one attached hydrogen (secondary N) is 2. The van der Waals surface area contributed by atoms with Crippen LogP contribution in [0.1, 0.15) is 113 Å². The summed E-state index contributed by atoms with van der Waals surface area (Å²) in [4.78, 5) is 50.5. The molecule has 4 unspecified atom stereocenters. The second kappa shape index (κ2) is 31.1. The van der Waals surface area contributed by atoms with Gasteiger partial charge in [0.1, 0.15) is 73.1 Å². The molecule has 0 radical (unpaired) electrons. The molecule has 0 aromatic carbocycles. The van der Waals surface area contributed by atoms with Gasteiger partial charge in [0, 0.05) is 13.8 Å². The van der Waals surface area contributed by atoms with E-state index in [2.05, 4.69) is 73.9 Å². The predicted molar refractivity (Wildman–Crippen MR) is 257 cm³/mol. The molecule has 3 saturated heterocycles. The summed E-state index contributed by atoms with van der Waals surface area (Å²) in [6, 6.07) is -3.60. The first-order chi connectivity index (χ1) is 34.2. The number of carbonyl (C=O) groups is 2. The Kier molecular flexibility index (Phi) is 27.7. The van der Waals surface area contributed by atoms with Crippen molar-refractivity contribution in [1.29, 1.82) is 0 Å². The van der Waals surface area contributed by atoms with Crippen molar-refractivity contribution < 1.29 is 106 Å². The van der Waals surface area contributed by atoms with Gasteiger partial charge in [-0.1, -0.05) is 53.5 Å². The molecule has 3 rings (SSSR count). The number of allylic oxidation sites excluding steroid dienone is 8. The van der Waals surface area contributed by atoms with Crippen LogP contribution in [0.25, 0.3) is 0 Å². The van der Waals surface area contributed by atoms with Crippen molar-refractivity contribution in [3.63, 3.8) is 0 Å². The zero-order chi connectivity index (χ0) is 54.8. The summed E-state index contributed by atoms with van der Waals surface area (Å²) >= 11 is 0. The van der Waals surface area contributed by atoms with Gasteiger partial charge in [0.2, 0.25) is 11.8 Å². The number of aliphatic hydroxyl groups excluding tert-OH is 8. The first-order valence-electron chi connectivity index (χ1n) is 24.5. The maximum Gasteiger partial charge on any atom is 0.276 e.